The third-order valence-corrected chi connectivity index (χ3v) is 5.98. The molecule has 0 bridgehead atoms. The van der Waals surface area contributed by atoms with E-state index < -0.39 is 16.1 Å². The maximum Gasteiger partial charge on any atom is 0.262 e. The van der Waals surface area contributed by atoms with Gasteiger partial charge in [-0.05, 0) is 33.6 Å². The van der Waals surface area contributed by atoms with E-state index in [1.807, 2.05) is 13.8 Å². The molecule has 126 valence electrons. The number of aliphatic hydroxyl groups excluding tert-OH is 1. The third-order valence-electron chi connectivity index (χ3n) is 4.17. The smallest absolute Gasteiger partial charge is 0.262 e. The van der Waals surface area contributed by atoms with Gasteiger partial charge < -0.3 is 9.67 Å². The fourth-order valence-electron chi connectivity index (χ4n) is 2.93. The topological polar surface area (TPSA) is 75.4 Å². The molecule has 6 nitrogen and oxygen atoms in total. The van der Waals surface area contributed by atoms with Crippen LogP contribution in [0.5, 0.6) is 0 Å². The molecule has 1 N–H and O–H groups in total. The first kappa shape index (κ1) is 17.4. The van der Waals surface area contributed by atoms with E-state index in [0.29, 0.717) is 0 Å². The van der Waals surface area contributed by atoms with Gasteiger partial charge in [-0.25, -0.2) is 13.4 Å². The van der Waals surface area contributed by atoms with Crippen molar-refractivity contribution in [3.8, 4) is 0 Å². The van der Waals surface area contributed by atoms with E-state index in [1.165, 1.54) is 4.31 Å². The van der Waals surface area contributed by atoms with E-state index in [1.54, 1.807) is 24.0 Å². The summed E-state index contributed by atoms with van der Waals surface area (Å²) >= 11 is 0. The Balaban J connectivity index is 2.30. The summed E-state index contributed by atoms with van der Waals surface area (Å²) in [4.78, 5) is 4.08. The molecule has 0 radical (unpaired) electrons. The van der Waals surface area contributed by atoms with Crippen molar-refractivity contribution in [3.05, 3.63) is 12.5 Å². The Hall–Kier alpha value is -0.920. The maximum absolute atomic E-state index is 12.9. The molecule has 1 fully saturated rings. The Bertz CT molecular complexity index is 575. The van der Waals surface area contributed by atoms with E-state index in [-0.39, 0.29) is 23.7 Å². The number of nitrogens with zero attached hydrogens (tertiary/aromatic N) is 3. The normalized spacial score (nSPS) is 19.0. The minimum Gasteiger partial charge on any atom is -0.392 e. The first-order chi connectivity index (χ1) is 10.3. The molecule has 1 aromatic heterocycles. The second-order valence-electron chi connectivity index (χ2n) is 6.47. The van der Waals surface area contributed by atoms with E-state index in [2.05, 4.69) is 4.98 Å². The van der Waals surface area contributed by atoms with Crippen LogP contribution in [0.15, 0.2) is 17.6 Å². The molecule has 1 heterocycles. The zero-order chi connectivity index (χ0) is 16.3. The van der Waals surface area contributed by atoms with Gasteiger partial charge in [-0.1, -0.05) is 19.3 Å². The lowest BCUT2D eigenvalue weighted by molar-refractivity contribution is 0.136. The van der Waals surface area contributed by atoms with Crippen LogP contribution in [0, 0.1) is 0 Å². The second kappa shape index (κ2) is 7.10. The largest absolute Gasteiger partial charge is 0.392 e. The highest BCUT2D eigenvalue weighted by Crippen LogP contribution is 2.27. The molecular formula is C15H27N3O3S. The number of hydrogen-bond acceptors (Lipinski definition) is 4. The molecule has 0 aromatic carbocycles. The van der Waals surface area contributed by atoms with Crippen LogP contribution in [0.1, 0.15) is 58.9 Å². The maximum atomic E-state index is 12.9. The summed E-state index contributed by atoms with van der Waals surface area (Å²) in [5, 5.41) is 9.80. The molecule has 1 saturated carbocycles. The number of hydrogen-bond donors (Lipinski definition) is 1. The summed E-state index contributed by atoms with van der Waals surface area (Å²) < 4.78 is 29.1. The standard InChI is InChI=1S/C15H27N3O3S/c1-12(2)17-10-15(16-11-17)22(20,21)18(9-13(3)19)14-7-5-4-6-8-14/h10-14,19H,4-9H2,1-3H3. The van der Waals surface area contributed by atoms with Crippen molar-refractivity contribution in [2.75, 3.05) is 6.54 Å². The molecule has 1 aliphatic carbocycles. The summed E-state index contributed by atoms with van der Waals surface area (Å²) in [6, 6.07) is 0.133. The predicted molar refractivity (Wildman–Crippen MR) is 85.1 cm³/mol. The lowest BCUT2D eigenvalue weighted by Gasteiger charge is -2.33. The third kappa shape index (κ3) is 3.88. The molecule has 1 aromatic rings. The van der Waals surface area contributed by atoms with Gasteiger partial charge in [-0.2, -0.15) is 4.31 Å². The first-order valence-corrected chi connectivity index (χ1v) is 9.49. The van der Waals surface area contributed by atoms with Crippen LogP contribution in [0.25, 0.3) is 0 Å². The van der Waals surface area contributed by atoms with Gasteiger partial charge in [0, 0.05) is 24.8 Å². The molecule has 0 saturated heterocycles. The molecule has 1 unspecified atom stereocenters. The SMILES string of the molecule is CC(O)CN(C1CCCCC1)S(=O)(=O)c1cn(C(C)C)cn1. The summed E-state index contributed by atoms with van der Waals surface area (Å²) in [5.74, 6) is 0. The lowest BCUT2D eigenvalue weighted by atomic mass is 9.95. The molecule has 22 heavy (non-hydrogen) atoms. The van der Waals surface area contributed by atoms with Crippen molar-refractivity contribution in [1.82, 2.24) is 13.9 Å². The minimum atomic E-state index is -3.67. The highest BCUT2D eigenvalue weighted by atomic mass is 32.2. The molecule has 0 spiro atoms. The van der Waals surface area contributed by atoms with Gasteiger partial charge in [0.1, 0.15) is 0 Å². The fourth-order valence-corrected chi connectivity index (χ4v) is 4.62. The van der Waals surface area contributed by atoms with Crippen molar-refractivity contribution in [3.63, 3.8) is 0 Å². The average molecular weight is 329 g/mol. The van der Waals surface area contributed by atoms with Crippen LogP contribution in [-0.2, 0) is 10.0 Å². The summed E-state index contributed by atoms with van der Waals surface area (Å²) in [6.07, 6.45) is 7.39. The Kier molecular flexibility index (Phi) is 5.63. The monoisotopic (exact) mass is 329 g/mol. The number of aromatic nitrogens is 2. The predicted octanol–water partition coefficient (Wildman–Crippen LogP) is 2.17. The minimum absolute atomic E-state index is 0.0300. The highest BCUT2D eigenvalue weighted by molar-refractivity contribution is 7.89. The summed E-state index contributed by atoms with van der Waals surface area (Å²) in [5.41, 5.74) is 0. The fraction of sp³-hybridized carbons (Fsp3) is 0.800. The van der Waals surface area contributed by atoms with Gasteiger partial charge >= 0.3 is 0 Å². The molecule has 1 atom stereocenters. The summed E-state index contributed by atoms with van der Waals surface area (Å²) in [6.45, 7) is 5.71. The number of imidazole rings is 1. The number of aliphatic hydroxyl groups is 1. The van der Waals surface area contributed by atoms with E-state index in [0.717, 1.165) is 32.1 Å². The zero-order valence-electron chi connectivity index (χ0n) is 13.6. The van der Waals surface area contributed by atoms with Gasteiger partial charge in [-0.15, -0.1) is 0 Å². The van der Waals surface area contributed by atoms with Crippen LogP contribution in [-0.4, -0.2) is 46.1 Å². The van der Waals surface area contributed by atoms with Crippen LogP contribution < -0.4 is 0 Å². The molecular weight excluding hydrogens is 302 g/mol. The Morgan fingerprint density at radius 1 is 1.32 bits per heavy atom. The first-order valence-electron chi connectivity index (χ1n) is 8.05. The number of rotatable bonds is 6. The molecule has 2 rings (SSSR count). The molecule has 0 aliphatic heterocycles. The van der Waals surface area contributed by atoms with Crippen molar-refractivity contribution in [1.29, 1.82) is 0 Å². The molecule has 0 amide bonds. The Morgan fingerprint density at radius 3 is 2.45 bits per heavy atom. The van der Waals surface area contributed by atoms with Gasteiger partial charge in [-0.3, -0.25) is 0 Å². The van der Waals surface area contributed by atoms with Gasteiger partial charge in [0.25, 0.3) is 10.0 Å². The highest BCUT2D eigenvalue weighted by Gasteiger charge is 2.34. The van der Waals surface area contributed by atoms with Gasteiger partial charge in [0.2, 0.25) is 0 Å². The Morgan fingerprint density at radius 2 is 1.95 bits per heavy atom. The molecule has 7 heteroatoms. The zero-order valence-corrected chi connectivity index (χ0v) is 14.5. The average Bonchev–Trinajstić information content (AvgIpc) is 2.96. The van der Waals surface area contributed by atoms with Crippen LogP contribution in [0.4, 0.5) is 0 Å². The second-order valence-corrected chi connectivity index (χ2v) is 8.31. The van der Waals surface area contributed by atoms with Crippen molar-refractivity contribution >= 4 is 10.0 Å². The summed E-state index contributed by atoms with van der Waals surface area (Å²) in [7, 11) is -3.67. The lowest BCUT2D eigenvalue weighted by Crippen LogP contribution is -2.45. The van der Waals surface area contributed by atoms with Gasteiger partial charge in [0.15, 0.2) is 5.03 Å². The van der Waals surface area contributed by atoms with E-state index in [9.17, 15) is 13.5 Å². The van der Waals surface area contributed by atoms with Crippen LogP contribution in [0.3, 0.4) is 0 Å². The van der Waals surface area contributed by atoms with Crippen molar-refractivity contribution in [2.45, 2.75) is 76.1 Å². The number of sulfonamides is 1. The van der Waals surface area contributed by atoms with E-state index in [4.69, 9.17) is 0 Å². The Labute approximate surface area is 133 Å². The van der Waals surface area contributed by atoms with Crippen LogP contribution >= 0.6 is 0 Å². The molecule has 1 aliphatic rings. The van der Waals surface area contributed by atoms with Crippen molar-refractivity contribution < 1.29 is 13.5 Å². The van der Waals surface area contributed by atoms with Gasteiger partial charge in [0.05, 0.1) is 12.4 Å². The van der Waals surface area contributed by atoms with Crippen LogP contribution in [0.2, 0.25) is 0 Å². The van der Waals surface area contributed by atoms with E-state index >= 15 is 0 Å². The van der Waals surface area contributed by atoms with Crippen molar-refractivity contribution in [2.24, 2.45) is 0 Å². The quantitative estimate of drug-likeness (QED) is 0.868.